The summed E-state index contributed by atoms with van der Waals surface area (Å²) in [6.45, 7) is 0.316. The molecule has 128 valence electrons. The summed E-state index contributed by atoms with van der Waals surface area (Å²) in [5.41, 5.74) is 1.76. The molecule has 1 saturated heterocycles. The van der Waals surface area contributed by atoms with Crippen molar-refractivity contribution in [1.29, 1.82) is 0 Å². The van der Waals surface area contributed by atoms with Crippen LogP contribution in [-0.2, 0) is 4.79 Å². The van der Waals surface area contributed by atoms with Crippen LogP contribution in [0.3, 0.4) is 0 Å². The zero-order valence-corrected chi connectivity index (χ0v) is 16.6. The van der Waals surface area contributed by atoms with Crippen LogP contribution >= 0.6 is 39.9 Å². The Balaban J connectivity index is 1.76. The third-order valence-corrected chi connectivity index (χ3v) is 5.67. The fourth-order valence-electron chi connectivity index (χ4n) is 2.33. The van der Waals surface area contributed by atoms with Crippen LogP contribution in [0.5, 0.6) is 5.75 Å². The molecule has 3 rings (SSSR count). The van der Waals surface area contributed by atoms with Gasteiger partial charge in [-0.25, -0.2) is 0 Å². The fraction of sp³-hybridized carbons (Fsp3) is 0.111. The SMILES string of the molecule is COc1ccccc1/C=C1\SC(=S)N(CNc2ccccc2Br)C1=O. The van der Waals surface area contributed by atoms with Crippen LogP contribution in [0.1, 0.15) is 5.56 Å². The van der Waals surface area contributed by atoms with E-state index in [9.17, 15) is 4.79 Å². The Hall–Kier alpha value is -1.83. The maximum Gasteiger partial charge on any atom is 0.267 e. The van der Waals surface area contributed by atoms with Gasteiger partial charge >= 0.3 is 0 Å². The minimum atomic E-state index is -0.111. The number of para-hydroxylation sites is 2. The Morgan fingerprint density at radius 2 is 1.96 bits per heavy atom. The van der Waals surface area contributed by atoms with Crippen molar-refractivity contribution < 1.29 is 9.53 Å². The first-order valence-corrected chi connectivity index (χ1v) is 9.48. The molecular formula is C18H15BrN2O2S2. The van der Waals surface area contributed by atoms with Gasteiger partial charge in [0.15, 0.2) is 0 Å². The topological polar surface area (TPSA) is 41.6 Å². The number of thiocarbonyl (C=S) groups is 1. The quantitative estimate of drug-likeness (QED) is 0.544. The van der Waals surface area contributed by atoms with Gasteiger partial charge in [0.1, 0.15) is 10.1 Å². The largest absolute Gasteiger partial charge is 0.496 e. The fourth-order valence-corrected chi connectivity index (χ4v) is 4.00. The van der Waals surface area contributed by atoms with E-state index in [0.29, 0.717) is 15.9 Å². The zero-order chi connectivity index (χ0) is 17.8. The number of carbonyl (C=O) groups is 1. The van der Waals surface area contributed by atoms with E-state index in [2.05, 4.69) is 21.2 Å². The molecular weight excluding hydrogens is 420 g/mol. The number of nitrogens with one attached hydrogen (secondary N) is 1. The molecule has 0 bridgehead atoms. The number of rotatable bonds is 5. The van der Waals surface area contributed by atoms with Gasteiger partial charge in [-0.1, -0.05) is 54.3 Å². The Kier molecular flexibility index (Phi) is 5.78. The summed E-state index contributed by atoms with van der Waals surface area (Å²) in [6, 6.07) is 15.3. The van der Waals surface area contributed by atoms with E-state index in [0.717, 1.165) is 21.5 Å². The molecule has 0 aromatic heterocycles. The number of thioether (sulfide) groups is 1. The first kappa shape index (κ1) is 18.0. The minimum absolute atomic E-state index is 0.111. The van der Waals surface area contributed by atoms with Crippen LogP contribution in [0.2, 0.25) is 0 Å². The highest BCUT2D eigenvalue weighted by molar-refractivity contribution is 9.10. The lowest BCUT2D eigenvalue weighted by Crippen LogP contribution is -2.33. The van der Waals surface area contributed by atoms with Crippen LogP contribution in [-0.4, -0.2) is 28.9 Å². The lowest BCUT2D eigenvalue weighted by atomic mass is 10.2. The van der Waals surface area contributed by atoms with Gasteiger partial charge in [-0.2, -0.15) is 0 Å². The third-order valence-electron chi connectivity index (χ3n) is 3.60. The second-order valence-electron chi connectivity index (χ2n) is 5.17. The number of nitrogens with zero attached hydrogens (tertiary/aromatic N) is 1. The normalized spacial score (nSPS) is 15.8. The van der Waals surface area contributed by atoms with Crippen LogP contribution in [0.15, 0.2) is 57.9 Å². The van der Waals surface area contributed by atoms with Crippen LogP contribution in [0.4, 0.5) is 5.69 Å². The van der Waals surface area contributed by atoms with Crippen molar-refractivity contribution in [3.8, 4) is 5.75 Å². The summed E-state index contributed by atoms with van der Waals surface area (Å²) in [4.78, 5) is 14.8. The van der Waals surface area contributed by atoms with Crippen LogP contribution in [0.25, 0.3) is 6.08 Å². The van der Waals surface area contributed by atoms with Gasteiger partial charge in [-0.05, 0) is 40.2 Å². The average Bonchev–Trinajstić information content (AvgIpc) is 2.88. The number of hydrogen-bond acceptors (Lipinski definition) is 5. The van der Waals surface area contributed by atoms with Gasteiger partial charge in [-0.15, -0.1) is 0 Å². The highest BCUT2D eigenvalue weighted by Gasteiger charge is 2.32. The molecule has 25 heavy (non-hydrogen) atoms. The molecule has 0 spiro atoms. The molecule has 0 saturated carbocycles. The Bertz CT molecular complexity index is 854. The third kappa shape index (κ3) is 4.05. The van der Waals surface area contributed by atoms with Gasteiger partial charge in [0, 0.05) is 15.7 Å². The number of amides is 1. The Morgan fingerprint density at radius 3 is 2.72 bits per heavy atom. The van der Waals surface area contributed by atoms with Gasteiger partial charge < -0.3 is 10.1 Å². The molecule has 2 aromatic carbocycles. The smallest absolute Gasteiger partial charge is 0.267 e. The number of carbonyl (C=O) groups excluding carboxylic acids is 1. The van der Waals surface area contributed by atoms with Gasteiger partial charge in [-0.3, -0.25) is 9.69 Å². The van der Waals surface area contributed by atoms with Crippen molar-refractivity contribution in [3.63, 3.8) is 0 Å². The first-order valence-electron chi connectivity index (χ1n) is 7.47. The van der Waals surface area contributed by atoms with E-state index in [-0.39, 0.29) is 5.91 Å². The molecule has 0 aliphatic carbocycles. The number of hydrogen-bond donors (Lipinski definition) is 1. The highest BCUT2D eigenvalue weighted by Crippen LogP contribution is 2.34. The number of benzene rings is 2. The number of methoxy groups -OCH3 is 1. The van der Waals surface area contributed by atoms with E-state index in [1.165, 1.54) is 11.8 Å². The van der Waals surface area contributed by atoms with Gasteiger partial charge in [0.2, 0.25) is 0 Å². The number of ether oxygens (including phenoxy) is 1. The maximum absolute atomic E-state index is 12.7. The Labute approximate surface area is 164 Å². The van der Waals surface area contributed by atoms with Crippen molar-refractivity contribution in [2.75, 3.05) is 19.1 Å². The van der Waals surface area contributed by atoms with Crippen molar-refractivity contribution in [1.82, 2.24) is 4.90 Å². The summed E-state index contributed by atoms with van der Waals surface area (Å²) in [5, 5.41) is 3.23. The molecule has 2 aromatic rings. The zero-order valence-electron chi connectivity index (χ0n) is 13.4. The molecule has 0 unspecified atom stereocenters. The van der Waals surface area contributed by atoms with E-state index >= 15 is 0 Å². The second-order valence-corrected chi connectivity index (χ2v) is 7.70. The van der Waals surface area contributed by atoms with Crippen molar-refractivity contribution in [2.24, 2.45) is 0 Å². The number of anilines is 1. The molecule has 1 heterocycles. The van der Waals surface area contributed by atoms with Crippen LogP contribution < -0.4 is 10.1 Å². The van der Waals surface area contributed by atoms with E-state index < -0.39 is 0 Å². The molecule has 0 radical (unpaired) electrons. The molecule has 1 aliphatic heterocycles. The van der Waals surface area contributed by atoms with Gasteiger partial charge in [0.25, 0.3) is 5.91 Å². The summed E-state index contributed by atoms with van der Waals surface area (Å²) >= 11 is 10.1. The molecule has 1 amide bonds. The number of halogens is 1. The summed E-state index contributed by atoms with van der Waals surface area (Å²) in [6.07, 6.45) is 1.82. The van der Waals surface area contributed by atoms with Crippen molar-refractivity contribution in [3.05, 3.63) is 63.5 Å². The molecule has 1 aliphatic rings. The highest BCUT2D eigenvalue weighted by atomic mass is 79.9. The average molecular weight is 435 g/mol. The van der Waals surface area contributed by atoms with Crippen molar-refractivity contribution >= 4 is 61.9 Å². The molecule has 0 atom stereocenters. The van der Waals surface area contributed by atoms with E-state index in [1.807, 2.05) is 54.6 Å². The van der Waals surface area contributed by atoms with E-state index in [4.69, 9.17) is 17.0 Å². The lowest BCUT2D eigenvalue weighted by Gasteiger charge is -2.17. The predicted octanol–water partition coefficient (Wildman–Crippen LogP) is 4.73. The second kappa shape index (κ2) is 8.03. The molecule has 4 nitrogen and oxygen atoms in total. The molecule has 1 N–H and O–H groups in total. The minimum Gasteiger partial charge on any atom is -0.496 e. The van der Waals surface area contributed by atoms with Gasteiger partial charge in [0.05, 0.1) is 18.7 Å². The van der Waals surface area contributed by atoms with E-state index in [1.54, 1.807) is 12.0 Å². The monoisotopic (exact) mass is 434 g/mol. The Morgan fingerprint density at radius 1 is 1.24 bits per heavy atom. The lowest BCUT2D eigenvalue weighted by molar-refractivity contribution is -0.121. The summed E-state index contributed by atoms with van der Waals surface area (Å²) in [7, 11) is 1.61. The maximum atomic E-state index is 12.7. The predicted molar refractivity (Wildman–Crippen MR) is 111 cm³/mol. The summed E-state index contributed by atoms with van der Waals surface area (Å²) in [5.74, 6) is 0.611. The van der Waals surface area contributed by atoms with Crippen molar-refractivity contribution in [2.45, 2.75) is 0 Å². The first-order chi connectivity index (χ1) is 12.1. The summed E-state index contributed by atoms with van der Waals surface area (Å²) < 4.78 is 6.80. The standard InChI is InChI=1S/C18H15BrN2O2S2/c1-23-15-9-5-2-6-12(15)10-16-17(22)21(18(24)25-16)11-20-14-8-4-3-7-13(14)19/h2-10,20H,11H2,1H3/b16-10-. The molecule has 1 fully saturated rings. The van der Waals surface area contributed by atoms with Crippen LogP contribution in [0, 0.1) is 0 Å². The molecule has 7 heteroatoms.